The summed E-state index contributed by atoms with van der Waals surface area (Å²) in [6.07, 6.45) is 1.59. The number of amides is 3. The minimum absolute atomic E-state index is 0.0840. The lowest BCUT2D eigenvalue weighted by atomic mass is 9.97. The number of carbonyl (C=O) groups excluding carboxylic acids is 2. The topological polar surface area (TPSA) is 79.9 Å². The Hall–Kier alpha value is -3.29. The second-order valence-corrected chi connectivity index (χ2v) is 7.11. The average molecular weight is 415 g/mol. The van der Waals surface area contributed by atoms with Gasteiger partial charge in [-0.1, -0.05) is 12.1 Å². The molecule has 2 aromatic carbocycles. The molecule has 0 aromatic heterocycles. The van der Waals surface area contributed by atoms with Gasteiger partial charge in [0.05, 0.1) is 7.11 Å². The Labute approximate surface area is 175 Å². The van der Waals surface area contributed by atoms with Gasteiger partial charge in [-0.2, -0.15) is 0 Å². The number of anilines is 1. The highest BCUT2D eigenvalue weighted by atomic mass is 19.1. The fraction of sp³-hybridized carbons (Fsp3) is 0.364. The van der Waals surface area contributed by atoms with E-state index in [9.17, 15) is 14.0 Å². The third kappa shape index (κ3) is 6.10. The normalized spacial score (nSPS) is 14.1. The van der Waals surface area contributed by atoms with Gasteiger partial charge < -0.3 is 25.0 Å². The number of likely N-dealkylation sites (tertiary alicyclic amines) is 1. The molecule has 0 radical (unpaired) electrons. The van der Waals surface area contributed by atoms with Crippen LogP contribution >= 0.6 is 0 Å². The van der Waals surface area contributed by atoms with Gasteiger partial charge in [0.1, 0.15) is 5.82 Å². The Kier molecular flexibility index (Phi) is 7.48. The highest BCUT2D eigenvalue weighted by molar-refractivity contribution is 5.89. The van der Waals surface area contributed by atoms with Gasteiger partial charge in [0.25, 0.3) is 5.91 Å². The van der Waals surface area contributed by atoms with Crippen LogP contribution in [-0.2, 0) is 4.79 Å². The summed E-state index contributed by atoms with van der Waals surface area (Å²) in [6.45, 7) is 1.66. The lowest BCUT2D eigenvalue weighted by Gasteiger charge is -2.32. The zero-order chi connectivity index (χ0) is 21.3. The molecule has 1 fully saturated rings. The van der Waals surface area contributed by atoms with E-state index in [1.165, 1.54) is 24.3 Å². The van der Waals surface area contributed by atoms with E-state index in [2.05, 4.69) is 10.6 Å². The first-order valence-electron chi connectivity index (χ1n) is 9.89. The predicted molar refractivity (Wildman–Crippen MR) is 111 cm³/mol. The van der Waals surface area contributed by atoms with Crippen LogP contribution in [0.4, 0.5) is 14.9 Å². The minimum Gasteiger partial charge on any atom is -0.493 e. The molecule has 0 spiro atoms. The Morgan fingerprint density at radius 2 is 1.73 bits per heavy atom. The number of para-hydroxylation sites is 2. The van der Waals surface area contributed by atoms with Crippen molar-refractivity contribution < 1.29 is 23.5 Å². The van der Waals surface area contributed by atoms with Crippen LogP contribution in [0.3, 0.4) is 0 Å². The third-order valence-corrected chi connectivity index (χ3v) is 5.01. The van der Waals surface area contributed by atoms with E-state index < -0.39 is 0 Å². The summed E-state index contributed by atoms with van der Waals surface area (Å²) < 4.78 is 23.7. The van der Waals surface area contributed by atoms with Crippen molar-refractivity contribution in [2.45, 2.75) is 12.8 Å². The van der Waals surface area contributed by atoms with E-state index in [0.717, 1.165) is 12.8 Å². The van der Waals surface area contributed by atoms with Crippen molar-refractivity contribution in [3.63, 3.8) is 0 Å². The maximum absolute atomic E-state index is 13.0. The van der Waals surface area contributed by atoms with Crippen LogP contribution in [0, 0.1) is 11.7 Å². The number of urea groups is 1. The number of hydrogen-bond acceptors (Lipinski definition) is 4. The minimum atomic E-state index is -0.343. The molecule has 7 nitrogen and oxygen atoms in total. The largest absolute Gasteiger partial charge is 0.493 e. The van der Waals surface area contributed by atoms with Gasteiger partial charge in [-0.25, -0.2) is 9.18 Å². The number of rotatable bonds is 7. The maximum Gasteiger partial charge on any atom is 0.321 e. The summed E-state index contributed by atoms with van der Waals surface area (Å²) in [6, 6.07) is 12.6. The van der Waals surface area contributed by atoms with E-state index in [0.29, 0.717) is 42.7 Å². The first-order chi connectivity index (χ1) is 14.5. The Bertz CT molecular complexity index is 852. The molecular weight excluding hydrogens is 389 g/mol. The van der Waals surface area contributed by atoms with E-state index in [-0.39, 0.29) is 24.4 Å². The average Bonchev–Trinajstić information content (AvgIpc) is 2.78. The number of halogens is 1. The van der Waals surface area contributed by atoms with Crippen LogP contribution in [0.25, 0.3) is 0 Å². The number of nitrogens with one attached hydrogen (secondary N) is 2. The number of methoxy groups -OCH3 is 1. The monoisotopic (exact) mass is 415 g/mol. The predicted octanol–water partition coefficient (Wildman–Crippen LogP) is 3.27. The van der Waals surface area contributed by atoms with Crippen molar-refractivity contribution in [3.8, 4) is 11.5 Å². The third-order valence-electron chi connectivity index (χ3n) is 5.01. The molecule has 1 saturated heterocycles. The number of benzene rings is 2. The number of ether oxygens (including phenoxy) is 2. The summed E-state index contributed by atoms with van der Waals surface area (Å²) in [5, 5.41) is 5.66. The molecule has 3 rings (SSSR count). The van der Waals surface area contributed by atoms with Crippen molar-refractivity contribution in [1.82, 2.24) is 10.2 Å². The molecule has 8 heteroatoms. The van der Waals surface area contributed by atoms with E-state index in [1.807, 2.05) is 12.1 Å². The van der Waals surface area contributed by atoms with Crippen LogP contribution in [0.1, 0.15) is 12.8 Å². The molecule has 1 aliphatic heterocycles. The van der Waals surface area contributed by atoms with Gasteiger partial charge in [0.15, 0.2) is 18.1 Å². The van der Waals surface area contributed by atoms with Gasteiger partial charge in [-0.3, -0.25) is 4.79 Å². The number of nitrogens with zero attached hydrogens (tertiary/aromatic N) is 1. The molecule has 1 aliphatic rings. The first kappa shape index (κ1) is 21.4. The van der Waals surface area contributed by atoms with E-state index in [4.69, 9.17) is 9.47 Å². The zero-order valence-electron chi connectivity index (χ0n) is 16.9. The SMILES string of the molecule is COc1ccccc1OCC(=O)NCC1CCN(C(=O)Nc2ccc(F)cc2)CC1. The molecule has 1 heterocycles. The number of carbonyl (C=O) groups is 2. The number of piperidine rings is 1. The molecule has 2 N–H and O–H groups in total. The highest BCUT2D eigenvalue weighted by Crippen LogP contribution is 2.25. The van der Waals surface area contributed by atoms with Gasteiger partial charge in [0, 0.05) is 25.3 Å². The van der Waals surface area contributed by atoms with Crippen molar-refractivity contribution in [2.24, 2.45) is 5.92 Å². The molecule has 3 amide bonds. The fourth-order valence-electron chi connectivity index (χ4n) is 3.27. The zero-order valence-corrected chi connectivity index (χ0v) is 16.9. The van der Waals surface area contributed by atoms with Crippen LogP contribution in [0.5, 0.6) is 11.5 Å². The van der Waals surface area contributed by atoms with Crippen molar-refractivity contribution in [1.29, 1.82) is 0 Å². The molecule has 0 atom stereocenters. The molecule has 0 unspecified atom stereocenters. The quantitative estimate of drug-likeness (QED) is 0.727. The fourth-order valence-corrected chi connectivity index (χ4v) is 3.27. The summed E-state index contributed by atoms with van der Waals surface area (Å²) in [4.78, 5) is 26.1. The van der Waals surface area contributed by atoms with E-state index in [1.54, 1.807) is 24.1 Å². The standard InChI is InChI=1S/C22H26FN3O4/c1-29-19-4-2-3-5-20(19)30-15-21(27)24-14-16-10-12-26(13-11-16)22(28)25-18-8-6-17(23)7-9-18/h2-9,16H,10-15H2,1H3,(H,24,27)(H,25,28). The Morgan fingerprint density at radius 1 is 1.07 bits per heavy atom. The van der Waals surface area contributed by atoms with Crippen molar-refractivity contribution in [3.05, 3.63) is 54.3 Å². The molecule has 0 bridgehead atoms. The summed E-state index contributed by atoms with van der Waals surface area (Å²) in [5.74, 6) is 0.865. The lowest BCUT2D eigenvalue weighted by molar-refractivity contribution is -0.123. The molecule has 30 heavy (non-hydrogen) atoms. The Morgan fingerprint density at radius 3 is 2.40 bits per heavy atom. The number of hydrogen-bond donors (Lipinski definition) is 2. The van der Waals surface area contributed by atoms with E-state index >= 15 is 0 Å². The van der Waals surface area contributed by atoms with Gasteiger partial charge in [0.2, 0.25) is 0 Å². The second kappa shape index (κ2) is 10.5. The Balaban J connectivity index is 1.35. The van der Waals surface area contributed by atoms with Crippen LogP contribution in [0.15, 0.2) is 48.5 Å². The van der Waals surface area contributed by atoms with Gasteiger partial charge in [-0.15, -0.1) is 0 Å². The van der Waals surface area contributed by atoms with Gasteiger partial charge in [-0.05, 0) is 55.2 Å². The first-order valence-corrected chi connectivity index (χ1v) is 9.89. The maximum atomic E-state index is 13.0. The molecule has 0 saturated carbocycles. The second-order valence-electron chi connectivity index (χ2n) is 7.11. The molecular formula is C22H26FN3O4. The summed E-state index contributed by atoms with van der Waals surface area (Å²) in [5.41, 5.74) is 0.561. The van der Waals surface area contributed by atoms with Crippen LogP contribution in [-0.4, -0.2) is 50.2 Å². The van der Waals surface area contributed by atoms with Gasteiger partial charge >= 0.3 is 6.03 Å². The van der Waals surface area contributed by atoms with Crippen LogP contribution in [0.2, 0.25) is 0 Å². The van der Waals surface area contributed by atoms with Crippen LogP contribution < -0.4 is 20.1 Å². The summed E-state index contributed by atoms with van der Waals surface area (Å²) in [7, 11) is 1.55. The smallest absolute Gasteiger partial charge is 0.321 e. The van der Waals surface area contributed by atoms with Crippen molar-refractivity contribution >= 4 is 17.6 Å². The summed E-state index contributed by atoms with van der Waals surface area (Å²) >= 11 is 0. The molecule has 2 aromatic rings. The highest BCUT2D eigenvalue weighted by Gasteiger charge is 2.23. The molecule has 160 valence electrons. The lowest BCUT2D eigenvalue weighted by Crippen LogP contribution is -2.43. The van der Waals surface area contributed by atoms with Crippen molar-refractivity contribution in [2.75, 3.05) is 38.7 Å². The molecule has 0 aliphatic carbocycles.